The quantitative estimate of drug-likeness (QED) is 0.935. The molecule has 0 fully saturated rings. The minimum atomic E-state index is 0.473. The minimum Gasteiger partial charge on any atom is -0.487 e. The van der Waals surface area contributed by atoms with Crippen molar-refractivity contribution in [1.82, 2.24) is 5.32 Å². The summed E-state index contributed by atoms with van der Waals surface area (Å²) >= 11 is 6.12. The van der Waals surface area contributed by atoms with E-state index in [-0.39, 0.29) is 0 Å². The lowest BCUT2D eigenvalue weighted by Gasteiger charge is -2.18. The van der Waals surface area contributed by atoms with Crippen molar-refractivity contribution in [2.45, 2.75) is 13.0 Å². The van der Waals surface area contributed by atoms with E-state index in [1.54, 1.807) is 0 Å². The monoisotopic (exact) mass is 300 g/mol. The number of nitrogens with one attached hydrogen (secondary N) is 1. The molecule has 1 heterocycles. The van der Waals surface area contributed by atoms with Crippen LogP contribution in [0.1, 0.15) is 17.5 Å². The fraction of sp³-hybridized carbons (Fsp3) is 0.235. The van der Waals surface area contributed by atoms with Gasteiger partial charge in [0.25, 0.3) is 0 Å². The van der Waals surface area contributed by atoms with Gasteiger partial charge in [-0.25, -0.2) is 0 Å². The molecule has 2 aromatic carbocycles. The van der Waals surface area contributed by atoms with Crippen LogP contribution in [0.3, 0.4) is 0 Å². The van der Waals surface area contributed by atoms with Crippen LogP contribution < -0.4 is 10.1 Å². The lowest BCUT2D eigenvalue weighted by Crippen LogP contribution is -2.31. The Morgan fingerprint density at radius 2 is 1.90 bits per heavy atom. The molecule has 0 saturated heterocycles. The summed E-state index contributed by atoms with van der Waals surface area (Å²) in [5.74, 6) is 1.66. The van der Waals surface area contributed by atoms with Crippen LogP contribution in [0.4, 0.5) is 0 Å². The van der Waals surface area contributed by atoms with Crippen LogP contribution in [0.25, 0.3) is 0 Å². The van der Waals surface area contributed by atoms with Crippen LogP contribution in [0.5, 0.6) is 5.75 Å². The summed E-state index contributed by atoms with van der Waals surface area (Å²) in [6, 6.07) is 15.7. The van der Waals surface area contributed by atoms with Gasteiger partial charge in [0.05, 0.1) is 5.02 Å². The largest absolute Gasteiger partial charge is 0.487 e. The molecule has 0 radical (unpaired) electrons. The van der Waals surface area contributed by atoms with E-state index in [1.807, 2.05) is 36.4 Å². The van der Waals surface area contributed by atoms with E-state index >= 15 is 0 Å². The van der Waals surface area contributed by atoms with Crippen molar-refractivity contribution in [2.75, 3.05) is 13.1 Å². The molecule has 0 unspecified atom stereocenters. The molecule has 0 aliphatic carbocycles. The highest BCUT2D eigenvalue weighted by molar-refractivity contribution is 6.32. The predicted molar refractivity (Wildman–Crippen MR) is 86.2 cm³/mol. The Hall–Kier alpha value is -2.00. The Morgan fingerprint density at radius 3 is 2.71 bits per heavy atom. The first-order valence-electron chi connectivity index (χ1n) is 7.08. The number of rotatable bonds is 4. The van der Waals surface area contributed by atoms with E-state index in [4.69, 9.17) is 16.3 Å². The lowest BCUT2D eigenvalue weighted by molar-refractivity contribution is 0.306. The van der Waals surface area contributed by atoms with Gasteiger partial charge >= 0.3 is 0 Å². The fourth-order valence-electron chi connectivity index (χ4n) is 2.31. The molecular weight excluding hydrogens is 284 g/mol. The summed E-state index contributed by atoms with van der Waals surface area (Å²) in [4.78, 5) is 4.56. The molecule has 1 N–H and O–H groups in total. The van der Waals surface area contributed by atoms with Gasteiger partial charge in [0.2, 0.25) is 0 Å². The zero-order valence-corrected chi connectivity index (χ0v) is 12.4. The Bertz CT molecular complexity index is 655. The van der Waals surface area contributed by atoms with Gasteiger partial charge in [0, 0.05) is 24.2 Å². The van der Waals surface area contributed by atoms with Gasteiger partial charge in [-0.05, 0) is 18.6 Å². The number of benzene rings is 2. The SMILES string of the molecule is Clc1ccccc1OCc1ccccc1C1=NCCCN1. The number of aliphatic imine (C=N–C) groups is 1. The molecule has 1 aliphatic rings. The molecule has 108 valence electrons. The molecule has 0 bridgehead atoms. The number of hydrogen-bond donors (Lipinski definition) is 1. The van der Waals surface area contributed by atoms with Crippen LogP contribution in [-0.2, 0) is 6.61 Å². The van der Waals surface area contributed by atoms with E-state index in [9.17, 15) is 0 Å². The van der Waals surface area contributed by atoms with Crippen molar-refractivity contribution in [3.05, 3.63) is 64.7 Å². The Labute approximate surface area is 129 Å². The third-order valence-corrected chi connectivity index (χ3v) is 3.70. The van der Waals surface area contributed by atoms with Crippen LogP contribution in [0.2, 0.25) is 5.02 Å². The van der Waals surface area contributed by atoms with Crippen LogP contribution in [-0.4, -0.2) is 18.9 Å². The van der Waals surface area contributed by atoms with Crippen LogP contribution >= 0.6 is 11.6 Å². The summed E-state index contributed by atoms with van der Waals surface area (Å²) in [6.07, 6.45) is 1.09. The van der Waals surface area contributed by atoms with Crippen molar-refractivity contribution >= 4 is 17.4 Å². The van der Waals surface area contributed by atoms with Gasteiger partial charge < -0.3 is 10.1 Å². The van der Waals surface area contributed by atoms with Gasteiger partial charge in [-0.2, -0.15) is 0 Å². The third-order valence-electron chi connectivity index (χ3n) is 3.39. The fourth-order valence-corrected chi connectivity index (χ4v) is 2.50. The van der Waals surface area contributed by atoms with Gasteiger partial charge in [0.15, 0.2) is 0 Å². The normalized spacial score (nSPS) is 14.2. The van der Waals surface area contributed by atoms with E-state index in [0.29, 0.717) is 17.4 Å². The van der Waals surface area contributed by atoms with Gasteiger partial charge in [-0.15, -0.1) is 0 Å². The Morgan fingerprint density at radius 1 is 1.10 bits per heavy atom. The van der Waals surface area contributed by atoms with E-state index in [2.05, 4.69) is 22.4 Å². The number of nitrogens with zero attached hydrogens (tertiary/aromatic N) is 1. The van der Waals surface area contributed by atoms with Gasteiger partial charge in [-0.1, -0.05) is 48.0 Å². The van der Waals surface area contributed by atoms with E-state index in [1.165, 1.54) is 0 Å². The zero-order chi connectivity index (χ0) is 14.5. The van der Waals surface area contributed by atoms with E-state index in [0.717, 1.165) is 36.5 Å². The van der Waals surface area contributed by atoms with Crippen molar-refractivity contribution in [1.29, 1.82) is 0 Å². The number of amidine groups is 1. The first kappa shape index (κ1) is 14.0. The highest BCUT2D eigenvalue weighted by Crippen LogP contribution is 2.24. The second-order valence-corrected chi connectivity index (χ2v) is 5.29. The van der Waals surface area contributed by atoms with Gasteiger partial charge in [0.1, 0.15) is 18.2 Å². The highest BCUT2D eigenvalue weighted by atomic mass is 35.5. The Kier molecular flexibility index (Phi) is 4.41. The van der Waals surface area contributed by atoms with Crippen LogP contribution in [0, 0.1) is 0 Å². The molecule has 3 nitrogen and oxygen atoms in total. The third kappa shape index (κ3) is 3.37. The van der Waals surface area contributed by atoms with Crippen molar-refractivity contribution < 1.29 is 4.74 Å². The summed E-state index contributed by atoms with van der Waals surface area (Å²) in [7, 11) is 0. The first-order chi connectivity index (χ1) is 10.3. The maximum Gasteiger partial charge on any atom is 0.138 e. The number of para-hydroxylation sites is 1. The molecule has 0 amide bonds. The topological polar surface area (TPSA) is 33.6 Å². The van der Waals surface area contributed by atoms with Gasteiger partial charge in [-0.3, -0.25) is 4.99 Å². The average molecular weight is 301 g/mol. The predicted octanol–water partition coefficient (Wildman–Crippen LogP) is 3.66. The second-order valence-electron chi connectivity index (χ2n) is 4.89. The number of hydrogen-bond acceptors (Lipinski definition) is 3. The maximum absolute atomic E-state index is 6.12. The molecule has 2 aromatic rings. The molecule has 0 saturated carbocycles. The van der Waals surface area contributed by atoms with E-state index < -0.39 is 0 Å². The first-order valence-corrected chi connectivity index (χ1v) is 7.46. The Balaban J connectivity index is 1.80. The number of ether oxygens (including phenoxy) is 1. The maximum atomic E-state index is 6.12. The second kappa shape index (κ2) is 6.64. The van der Waals surface area contributed by atoms with Crippen LogP contribution in [0.15, 0.2) is 53.5 Å². The molecule has 4 heteroatoms. The smallest absolute Gasteiger partial charge is 0.138 e. The van der Waals surface area contributed by atoms with Crippen molar-refractivity contribution in [3.8, 4) is 5.75 Å². The molecular formula is C17H17ClN2O. The van der Waals surface area contributed by atoms with Crippen molar-refractivity contribution in [3.63, 3.8) is 0 Å². The molecule has 0 aromatic heterocycles. The standard InChI is InChI=1S/C17H17ClN2O/c18-15-8-3-4-9-16(15)21-12-13-6-1-2-7-14(13)17-19-10-5-11-20-17/h1-4,6-9H,5,10-12H2,(H,19,20). The molecule has 3 rings (SSSR count). The minimum absolute atomic E-state index is 0.473. The summed E-state index contributed by atoms with van der Waals surface area (Å²) in [5.41, 5.74) is 2.20. The number of halogens is 1. The summed E-state index contributed by atoms with van der Waals surface area (Å²) in [6.45, 7) is 2.32. The molecule has 0 spiro atoms. The zero-order valence-electron chi connectivity index (χ0n) is 11.7. The molecule has 21 heavy (non-hydrogen) atoms. The molecule has 0 atom stereocenters. The average Bonchev–Trinajstić information content (AvgIpc) is 2.55. The van der Waals surface area contributed by atoms with Crippen molar-refractivity contribution in [2.24, 2.45) is 4.99 Å². The summed E-state index contributed by atoms with van der Waals surface area (Å²) < 4.78 is 5.84. The lowest BCUT2D eigenvalue weighted by atomic mass is 10.1. The summed E-state index contributed by atoms with van der Waals surface area (Å²) in [5, 5.41) is 3.98. The molecule has 1 aliphatic heterocycles. The highest BCUT2D eigenvalue weighted by Gasteiger charge is 2.12.